The van der Waals surface area contributed by atoms with Gasteiger partial charge in [-0.25, -0.2) is 0 Å². The van der Waals surface area contributed by atoms with Gasteiger partial charge in [0.15, 0.2) is 0 Å². The van der Waals surface area contributed by atoms with Gasteiger partial charge < -0.3 is 0 Å². The van der Waals surface area contributed by atoms with Crippen molar-refractivity contribution in [2.45, 2.75) is 0 Å². The molecule has 0 amide bonds. The molecule has 65 valence electrons. The summed E-state index contributed by atoms with van der Waals surface area (Å²) in [6.07, 6.45) is 1.82. The zero-order valence-corrected chi connectivity index (χ0v) is 8.66. The quantitative estimate of drug-likeness (QED) is 0.709. The monoisotopic (exact) mass is 256 g/mol. The SMILES string of the molecule is [Ru][c]1cccnc1-c1ccccc1. The van der Waals surface area contributed by atoms with Crippen LogP contribution in [-0.2, 0) is 18.3 Å². The molecule has 0 radical (unpaired) electrons. The average Bonchev–Trinajstić information content (AvgIpc) is 2.20. The van der Waals surface area contributed by atoms with Gasteiger partial charge >= 0.3 is 87.4 Å². The molecule has 0 saturated heterocycles. The first-order valence-corrected chi connectivity index (χ1v) is 4.89. The number of benzene rings is 1. The second-order valence-electron chi connectivity index (χ2n) is 2.69. The Kier molecular flexibility index (Phi) is 2.51. The Morgan fingerprint density at radius 2 is 1.69 bits per heavy atom. The first kappa shape index (κ1) is 8.59. The topological polar surface area (TPSA) is 12.9 Å². The molecule has 0 saturated carbocycles. The van der Waals surface area contributed by atoms with Crippen molar-refractivity contribution in [2.75, 3.05) is 0 Å². The summed E-state index contributed by atoms with van der Waals surface area (Å²) >= 11 is 2.60. The fourth-order valence-electron chi connectivity index (χ4n) is 1.19. The summed E-state index contributed by atoms with van der Waals surface area (Å²) in [6.45, 7) is 0. The maximum atomic E-state index is 4.33. The van der Waals surface area contributed by atoms with Crippen LogP contribution in [0.5, 0.6) is 0 Å². The Morgan fingerprint density at radius 1 is 0.923 bits per heavy atom. The van der Waals surface area contributed by atoms with Crippen LogP contribution < -0.4 is 4.16 Å². The van der Waals surface area contributed by atoms with Crippen LogP contribution in [0.15, 0.2) is 48.7 Å². The molecule has 0 aliphatic carbocycles. The van der Waals surface area contributed by atoms with Gasteiger partial charge in [0.1, 0.15) is 0 Å². The summed E-state index contributed by atoms with van der Waals surface area (Å²) in [5.41, 5.74) is 2.20. The van der Waals surface area contributed by atoms with Gasteiger partial charge in [0.05, 0.1) is 0 Å². The van der Waals surface area contributed by atoms with Crippen LogP contribution in [0.2, 0.25) is 0 Å². The first-order chi connectivity index (χ1) is 6.38. The summed E-state index contributed by atoms with van der Waals surface area (Å²) in [6, 6.07) is 14.2. The van der Waals surface area contributed by atoms with Crippen LogP contribution in [-0.4, -0.2) is 4.98 Å². The maximum absolute atomic E-state index is 4.33. The third-order valence-corrected chi connectivity index (χ3v) is 2.50. The molecule has 0 aliphatic rings. The standard InChI is InChI=1S/C11H8N.Ru/c1-2-6-10(7-3-1)11-8-4-5-9-12-11;/h1-7,9H;. The average molecular weight is 255 g/mol. The van der Waals surface area contributed by atoms with E-state index in [1.165, 1.54) is 0 Å². The molecule has 1 heterocycles. The molecule has 1 aromatic carbocycles. The third kappa shape index (κ3) is 1.84. The zero-order valence-electron chi connectivity index (χ0n) is 6.92. The van der Waals surface area contributed by atoms with E-state index in [0.717, 1.165) is 15.4 Å². The van der Waals surface area contributed by atoms with Crippen molar-refractivity contribution in [1.29, 1.82) is 0 Å². The summed E-state index contributed by atoms with van der Waals surface area (Å²) in [7, 11) is 0. The van der Waals surface area contributed by atoms with Crippen LogP contribution in [0.25, 0.3) is 11.3 Å². The van der Waals surface area contributed by atoms with Crippen molar-refractivity contribution in [3.63, 3.8) is 0 Å². The van der Waals surface area contributed by atoms with Crippen molar-refractivity contribution in [1.82, 2.24) is 4.98 Å². The molecule has 2 aromatic rings. The van der Waals surface area contributed by atoms with Crippen LogP contribution in [0.3, 0.4) is 0 Å². The van der Waals surface area contributed by atoms with E-state index in [0.29, 0.717) is 0 Å². The molecule has 1 nitrogen and oxygen atoms in total. The van der Waals surface area contributed by atoms with Crippen molar-refractivity contribution in [2.24, 2.45) is 0 Å². The fourth-order valence-corrected chi connectivity index (χ4v) is 1.72. The number of pyridine rings is 1. The van der Waals surface area contributed by atoms with Crippen LogP contribution in [0.4, 0.5) is 0 Å². The fraction of sp³-hybridized carbons (Fsp3) is 0. The Morgan fingerprint density at radius 3 is 2.38 bits per heavy atom. The number of hydrogen-bond donors (Lipinski definition) is 0. The van der Waals surface area contributed by atoms with Gasteiger partial charge in [0.25, 0.3) is 0 Å². The second-order valence-corrected chi connectivity index (χ2v) is 3.62. The van der Waals surface area contributed by atoms with Gasteiger partial charge in [-0.3, -0.25) is 0 Å². The summed E-state index contributed by atoms with van der Waals surface area (Å²) < 4.78 is 1.15. The van der Waals surface area contributed by atoms with E-state index in [2.05, 4.69) is 35.4 Å². The van der Waals surface area contributed by atoms with Gasteiger partial charge in [-0.2, -0.15) is 0 Å². The third-order valence-electron chi connectivity index (χ3n) is 1.80. The minimum atomic E-state index is 1.04. The molecule has 0 spiro atoms. The molecule has 2 rings (SSSR count). The Bertz CT molecular complexity index is 398. The molecule has 0 N–H and O–H groups in total. The van der Waals surface area contributed by atoms with E-state index < -0.39 is 0 Å². The van der Waals surface area contributed by atoms with Crippen molar-refractivity contribution >= 4 is 4.16 Å². The minimum absolute atomic E-state index is 1.04. The number of rotatable bonds is 1. The van der Waals surface area contributed by atoms with E-state index in [4.69, 9.17) is 0 Å². The van der Waals surface area contributed by atoms with Crippen molar-refractivity contribution < 1.29 is 18.3 Å². The molecule has 1 aromatic heterocycles. The van der Waals surface area contributed by atoms with Crippen LogP contribution in [0, 0.1) is 0 Å². The van der Waals surface area contributed by atoms with E-state index in [-0.39, 0.29) is 0 Å². The molecule has 13 heavy (non-hydrogen) atoms. The van der Waals surface area contributed by atoms with E-state index >= 15 is 0 Å². The van der Waals surface area contributed by atoms with Crippen molar-refractivity contribution in [3.8, 4) is 11.3 Å². The number of hydrogen-bond acceptors (Lipinski definition) is 1. The summed E-state index contributed by atoms with van der Waals surface area (Å²) in [4.78, 5) is 4.33. The molecule has 0 unspecified atom stereocenters. The van der Waals surface area contributed by atoms with Gasteiger partial charge in [-0.05, 0) is 0 Å². The molecule has 2 heteroatoms. The Hall–Kier alpha value is -1.01. The summed E-state index contributed by atoms with van der Waals surface area (Å²) in [5, 5.41) is 0. The normalized spacial score (nSPS) is 9.92. The molecule has 0 aliphatic heterocycles. The van der Waals surface area contributed by atoms with E-state index in [1.807, 2.05) is 36.5 Å². The Labute approximate surface area is 87.5 Å². The second kappa shape index (κ2) is 3.80. The van der Waals surface area contributed by atoms with Crippen molar-refractivity contribution in [3.05, 3.63) is 48.7 Å². The van der Waals surface area contributed by atoms with Crippen LogP contribution >= 0.6 is 0 Å². The number of nitrogens with zero attached hydrogens (tertiary/aromatic N) is 1. The van der Waals surface area contributed by atoms with Crippen LogP contribution in [0.1, 0.15) is 0 Å². The van der Waals surface area contributed by atoms with E-state index in [1.54, 1.807) is 0 Å². The van der Waals surface area contributed by atoms with E-state index in [9.17, 15) is 0 Å². The predicted molar refractivity (Wildman–Crippen MR) is 49.3 cm³/mol. The Balaban J connectivity index is 2.54. The number of aromatic nitrogens is 1. The molecule has 0 atom stereocenters. The van der Waals surface area contributed by atoms with Gasteiger partial charge in [0, 0.05) is 0 Å². The van der Waals surface area contributed by atoms with Gasteiger partial charge in [0.2, 0.25) is 0 Å². The summed E-state index contributed by atoms with van der Waals surface area (Å²) in [5.74, 6) is 0. The van der Waals surface area contributed by atoms with Gasteiger partial charge in [-0.1, -0.05) is 0 Å². The molecular formula is C11H8NRu. The predicted octanol–water partition coefficient (Wildman–Crippen LogP) is 1.92. The molecular weight excluding hydrogens is 247 g/mol. The molecule has 0 bridgehead atoms. The molecule has 0 fully saturated rings. The zero-order chi connectivity index (χ0) is 9.10. The first-order valence-electron chi connectivity index (χ1n) is 4.02. The van der Waals surface area contributed by atoms with Gasteiger partial charge in [-0.15, -0.1) is 0 Å².